The minimum absolute atomic E-state index is 0.00253. The SMILES string of the molecule is CN(C)c1cc(NC(=O)CNC(C)(C)C)c(O)c2c1CC1CC3C(=O)C(O)=C(C(N)=O)C(=O)C3(O)C(=O)C1=C2O. The lowest BCUT2D eigenvalue weighted by Crippen LogP contribution is -2.64. The topological polar surface area (TPSA) is 220 Å². The van der Waals surface area contributed by atoms with Gasteiger partial charge in [0.05, 0.1) is 23.7 Å². The van der Waals surface area contributed by atoms with Crippen LogP contribution in [0.1, 0.15) is 38.3 Å². The average Bonchev–Trinajstić information content (AvgIpc) is 2.84. The fraction of sp³-hybridized carbons (Fsp3) is 0.444. The number of ketones is 3. The normalized spacial score (nSPS) is 24.4. The van der Waals surface area contributed by atoms with Crippen LogP contribution in [0.2, 0.25) is 0 Å². The zero-order chi connectivity index (χ0) is 30.1. The molecular formula is C27H32N4O9. The number of amides is 2. The van der Waals surface area contributed by atoms with E-state index in [1.807, 2.05) is 20.8 Å². The van der Waals surface area contributed by atoms with Crippen molar-refractivity contribution in [1.29, 1.82) is 0 Å². The zero-order valence-electron chi connectivity index (χ0n) is 22.7. The van der Waals surface area contributed by atoms with E-state index in [4.69, 9.17) is 5.73 Å². The standard InChI is InChI=1S/C27H32N4O9/c1-26(2,3)29-9-15(32)30-13-8-14(31(4)5)11-6-10-7-12-19(33)22(36)18(25(28)39)24(38)27(12,40)23(37)16(10)21(35)17(11)20(13)34/h8,10,12,29,34-36,40H,6-7,9H2,1-5H3,(H2,28,39)(H,30,32). The van der Waals surface area contributed by atoms with Crippen LogP contribution in [0.3, 0.4) is 0 Å². The van der Waals surface area contributed by atoms with E-state index in [1.54, 1.807) is 19.0 Å². The average molecular weight is 557 g/mol. The van der Waals surface area contributed by atoms with Crippen molar-refractivity contribution < 1.29 is 44.4 Å². The van der Waals surface area contributed by atoms with E-state index < -0.39 is 75.0 Å². The number of fused-ring (bicyclic) bond motifs is 3. The van der Waals surface area contributed by atoms with Gasteiger partial charge in [-0.3, -0.25) is 24.0 Å². The molecule has 0 saturated heterocycles. The number of aromatic hydroxyl groups is 1. The molecule has 1 aromatic carbocycles. The molecule has 1 saturated carbocycles. The Balaban J connectivity index is 1.85. The summed E-state index contributed by atoms with van der Waals surface area (Å²) in [5.41, 5.74) is 0.705. The quantitative estimate of drug-likeness (QED) is 0.145. The molecule has 13 nitrogen and oxygen atoms in total. The largest absolute Gasteiger partial charge is 0.507 e. The number of hydrogen-bond acceptors (Lipinski definition) is 11. The number of Topliss-reactive ketones (excluding diaryl/α,β-unsaturated/α-hetero) is 3. The minimum Gasteiger partial charge on any atom is -0.507 e. The molecule has 1 fully saturated rings. The highest BCUT2D eigenvalue weighted by Crippen LogP contribution is 2.53. The maximum Gasteiger partial charge on any atom is 0.256 e. The highest BCUT2D eigenvalue weighted by atomic mass is 16.3. The Labute approximate surface area is 229 Å². The third kappa shape index (κ3) is 4.31. The Hall–Kier alpha value is -4.23. The molecule has 4 rings (SSSR count). The Morgan fingerprint density at radius 2 is 1.73 bits per heavy atom. The van der Waals surface area contributed by atoms with Crippen LogP contribution < -0.4 is 21.3 Å². The van der Waals surface area contributed by atoms with E-state index in [0.717, 1.165) is 0 Å². The van der Waals surface area contributed by atoms with Gasteiger partial charge in [0.2, 0.25) is 28.9 Å². The van der Waals surface area contributed by atoms with Crippen molar-refractivity contribution in [2.75, 3.05) is 30.9 Å². The van der Waals surface area contributed by atoms with E-state index in [-0.39, 0.29) is 36.2 Å². The summed E-state index contributed by atoms with van der Waals surface area (Å²) in [7, 11) is 3.38. The molecule has 0 spiro atoms. The molecular weight excluding hydrogens is 524 g/mol. The van der Waals surface area contributed by atoms with Gasteiger partial charge in [0.1, 0.15) is 17.1 Å². The molecule has 2 amide bonds. The molecule has 3 atom stereocenters. The number of nitrogens with one attached hydrogen (secondary N) is 2. The summed E-state index contributed by atoms with van der Waals surface area (Å²) in [6, 6.07) is 1.51. The number of nitrogens with two attached hydrogens (primary N) is 1. The summed E-state index contributed by atoms with van der Waals surface area (Å²) < 4.78 is 0. The number of carbonyl (C=O) groups is 5. The number of benzene rings is 1. The Kier molecular flexibility index (Phi) is 6.80. The van der Waals surface area contributed by atoms with Crippen LogP contribution >= 0.6 is 0 Å². The van der Waals surface area contributed by atoms with Gasteiger partial charge in [-0.1, -0.05) is 0 Å². The molecule has 3 aliphatic carbocycles. The second kappa shape index (κ2) is 9.45. The predicted octanol–water partition coefficient (Wildman–Crippen LogP) is -0.00450. The number of primary amides is 1. The number of hydrogen-bond donors (Lipinski definition) is 7. The predicted molar refractivity (Wildman–Crippen MR) is 142 cm³/mol. The highest BCUT2D eigenvalue weighted by Gasteiger charge is 2.64. The summed E-state index contributed by atoms with van der Waals surface area (Å²) in [5, 5.41) is 49.6. The van der Waals surface area contributed by atoms with Crippen molar-refractivity contribution in [1.82, 2.24) is 5.32 Å². The van der Waals surface area contributed by atoms with Crippen molar-refractivity contribution in [2.24, 2.45) is 17.6 Å². The Morgan fingerprint density at radius 1 is 1.10 bits per heavy atom. The van der Waals surface area contributed by atoms with E-state index in [2.05, 4.69) is 10.6 Å². The van der Waals surface area contributed by atoms with Crippen molar-refractivity contribution in [3.8, 4) is 5.75 Å². The molecule has 0 bridgehead atoms. The van der Waals surface area contributed by atoms with Gasteiger partial charge >= 0.3 is 0 Å². The molecule has 40 heavy (non-hydrogen) atoms. The van der Waals surface area contributed by atoms with Crippen LogP contribution in [0.15, 0.2) is 23.0 Å². The molecule has 0 radical (unpaired) electrons. The van der Waals surface area contributed by atoms with Gasteiger partial charge in [0.25, 0.3) is 5.91 Å². The first-order valence-electron chi connectivity index (χ1n) is 12.6. The van der Waals surface area contributed by atoms with Gasteiger partial charge in [-0.25, -0.2) is 0 Å². The molecule has 3 aliphatic rings. The molecule has 8 N–H and O–H groups in total. The molecule has 13 heteroatoms. The molecule has 1 aromatic rings. The summed E-state index contributed by atoms with van der Waals surface area (Å²) in [6.07, 6.45) is -0.325. The van der Waals surface area contributed by atoms with Gasteiger partial charge in [0.15, 0.2) is 5.76 Å². The maximum atomic E-state index is 13.7. The smallest absolute Gasteiger partial charge is 0.256 e. The van der Waals surface area contributed by atoms with Crippen molar-refractivity contribution in [2.45, 2.75) is 44.8 Å². The number of aliphatic hydroxyl groups excluding tert-OH is 2. The zero-order valence-corrected chi connectivity index (χ0v) is 22.7. The summed E-state index contributed by atoms with van der Waals surface area (Å²) in [4.78, 5) is 65.7. The molecule has 214 valence electrons. The molecule has 0 heterocycles. The number of phenolic OH excluding ortho intramolecular Hbond substituents is 1. The summed E-state index contributed by atoms with van der Waals surface area (Å²) >= 11 is 0. The second-order valence-corrected chi connectivity index (χ2v) is 11.5. The Morgan fingerprint density at radius 3 is 2.27 bits per heavy atom. The number of carbonyl (C=O) groups excluding carboxylic acids is 5. The second-order valence-electron chi connectivity index (χ2n) is 11.5. The van der Waals surface area contributed by atoms with Gasteiger partial charge in [-0.15, -0.1) is 0 Å². The van der Waals surface area contributed by atoms with Crippen LogP contribution in [-0.2, 0) is 30.4 Å². The number of anilines is 2. The number of nitrogens with zero attached hydrogens (tertiary/aromatic N) is 1. The third-order valence-electron chi connectivity index (χ3n) is 7.49. The van der Waals surface area contributed by atoms with Crippen molar-refractivity contribution in [3.63, 3.8) is 0 Å². The van der Waals surface area contributed by atoms with Crippen LogP contribution in [0, 0.1) is 11.8 Å². The first-order valence-corrected chi connectivity index (χ1v) is 12.6. The first-order chi connectivity index (χ1) is 18.4. The monoisotopic (exact) mass is 556 g/mol. The van der Waals surface area contributed by atoms with Gasteiger partial charge in [-0.2, -0.15) is 0 Å². The van der Waals surface area contributed by atoms with Crippen molar-refractivity contribution in [3.05, 3.63) is 34.1 Å². The highest BCUT2D eigenvalue weighted by molar-refractivity contribution is 6.37. The summed E-state index contributed by atoms with van der Waals surface area (Å²) in [5.74, 6) is -11.2. The Bertz CT molecular complexity index is 1450. The minimum atomic E-state index is -3.09. The molecule has 0 aliphatic heterocycles. The van der Waals surface area contributed by atoms with E-state index in [1.165, 1.54) is 6.07 Å². The van der Waals surface area contributed by atoms with Gasteiger partial charge < -0.3 is 41.7 Å². The van der Waals surface area contributed by atoms with Gasteiger partial charge in [0, 0.05) is 30.9 Å². The lowest BCUT2D eigenvalue weighted by Gasteiger charge is -2.45. The maximum absolute atomic E-state index is 13.7. The number of allylic oxidation sites excluding steroid dienone is 1. The molecule has 0 aromatic heterocycles. The third-order valence-corrected chi connectivity index (χ3v) is 7.49. The molecule has 3 unspecified atom stereocenters. The van der Waals surface area contributed by atoms with Gasteiger partial charge in [-0.05, 0) is 51.2 Å². The van der Waals surface area contributed by atoms with Crippen molar-refractivity contribution >= 4 is 46.3 Å². The van der Waals surface area contributed by atoms with E-state index >= 15 is 0 Å². The summed E-state index contributed by atoms with van der Waals surface area (Å²) in [6.45, 7) is 5.53. The first kappa shape index (κ1) is 28.8. The number of aliphatic hydroxyl groups is 3. The lowest BCUT2D eigenvalue weighted by atomic mass is 9.58. The van der Waals surface area contributed by atoms with Crippen LogP contribution in [0.5, 0.6) is 5.75 Å². The van der Waals surface area contributed by atoms with Crippen LogP contribution in [0.4, 0.5) is 11.4 Å². The number of rotatable bonds is 5. The lowest BCUT2D eigenvalue weighted by molar-refractivity contribution is -0.163. The fourth-order valence-electron chi connectivity index (χ4n) is 5.56. The van der Waals surface area contributed by atoms with E-state index in [0.29, 0.717) is 11.3 Å². The van der Waals surface area contributed by atoms with Crippen LogP contribution in [0.25, 0.3) is 5.76 Å². The fourth-order valence-corrected chi connectivity index (χ4v) is 5.56. The number of phenols is 1. The van der Waals surface area contributed by atoms with Crippen LogP contribution in [-0.4, -0.2) is 81.4 Å². The van der Waals surface area contributed by atoms with E-state index in [9.17, 15) is 44.4 Å².